The van der Waals surface area contributed by atoms with E-state index in [0.717, 1.165) is 39.5 Å². The molecule has 0 fully saturated rings. The quantitative estimate of drug-likeness (QED) is 0.440. The molecule has 1 N–H and O–H groups in total. The van der Waals surface area contributed by atoms with Crippen LogP contribution >= 0.6 is 0 Å². The lowest BCUT2D eigenvalue weighted by Crippen LogP contribution is -2.25. The second-order valence-corrected chi connectivity index (χ2v) is 7.96. The minimum Gasteiger partial charge on any atom is -0.491 e. The number of para-hydroxylation sites is 2. The van der Waals surface area contributed by atoms with Crippen LogP contribution in [0.25, 0.3) is 11.0 Å². The third-order valence-electron chi connectivity index (χ3n) is 5.29. The second-order valence-electron chi connectivity index (χ2n) is 7.96. The fraction of sp³-hybridized carbons (Fsp3) is 0.269. The number of fused-ring (bicyclic) bond motifs is 1. The van der Waals surface area contributed by atoms with Gasteiger partial charge in [0.25, 0.3) is 0 Å². The molecule has 5 nitrogen and oxygen atoms in total. The number of hydrogen-bond acceptors (Lipinski definition) is 4. The fourth-order valence-corrected chi connectivity index (χ4v) is 3.53. The third-order valence-corrected chi connectivity index (χ3v) is 5.29. The van der Waals surface area contributed by atoms with Crippen LogP contribution in [-0.2, 0) is 13.2 Å². The van der Waals surface area contributed by atoms with Crippen molar-refractivity contribution in [3.05, 3.63) is 89.2 Å². The van der Waals surface area contributed by atoms with E-state index >= 15 is 0 Å². The molecule has 31 heavy (non-hydrogen) atoms. The Morgan fingerprint density at radius 3 is 2.45 bits per heavy atom. The number of benzene rings is 3. The smallest absolute Gasteiger partial charge is 0.148 e. The zero-order valence-corrected chi connectivity index (χ0v) is 18.2. The number of rotatable bonds is 8. The molecule has 4 aromatic rings. The average molecular weight is 417 g/mol. The third kappa shape index (κ3) is 5.06. The Morgan fingerprint density at radius 1 is 0.903 bits per heavy atom. The van der Waals surface area contributed by atoms with Gasteiger partial charge in [0, 0.05) is 0 Å². The van der Waals surface area contributed by atoms with Crippen molar-refractivity contribution >= 4 is 11.0 Å². The fourth-order valence-electron chi connectivity index (χ4n) is 3.53. The van der Waals surface area contributed by atoms with Crippen LogP contribution in [0, 0.1) is 20.8 Å². The molecule has 0 bridgehead atoms. The summed E-state index contributed by atoms with van der Waals surface area (Å²) in [5.74, 6) is 2.37. The van der Waals surface area contributed by atoms with E-state index in [1.54, 1.807) is 0 Å². The Balaban J connectivity index is 1.49. The number of aliphatic hydroxyl groups is 1. The van der Waals surface area contributed by atoms with Gasteiger partial charge in [0.15, 0.2) is 0 Å². The van der Waals surface area contributed by atoms with Crippen LogP contribution in [0.1, 0.15) is 22.5 Å². The molecule has 160 valence electrons. The first kappa shape index (κ1) is 20.9. The summed E-state index contributed by atoms with van der Waals surface area (Å²) < 4.78 is 13.9. The van der Waals surface area contributed by atoms with Crippen molar-refractivity contribution in [3.8, 4) is 11.5 Å². The van der Waals surface area contributed by atoms with Crippen LogP contribution in [0.3, 0.4) is 0 Å². The maximum Gasteiger partial charge on any atom is 0.148 e. The van der Waals surface area contributed by atoms with Gasteiger partial charge < -0.3 is 19.1 Å². The summed E-state index contributed by atoms with van der Waals surface area (Å²) in [6.07, 6.45) is -0.685. The van der Waals surface area contributed by atoms with Gasteiger partial charge in [-0.2, -0.15) is 0 Å². The minimum absolute atomic E-state index is 0.203. The van der Waals surface area contributed by atoms with Crippen molar-refractivity contribution in [1.29, 1.82) is 0 Å². The van der Waals surface area contributed by atoms with Crippen molar-refractivity contribution in [1.82, 2.24) is 9.55 Å². The Bertz CT molecular complexity index is 1170. The summed E-state index contributed by atoms with van der Waals surface area (Å²) in [4.78, 5) is 4.73. The van der Waals surface area contributed by atoms with Gasteiger partial charge >= 0.3 is 0 Å². The Kier molecular flexibility index (Phi) is 6.23. The van der Waals surface area contributed by atoms with Crippen LogP contribution in [0.2, 0.25) is 0 Å². The molecule has 0 aliphatic rings. The SMILES string of the molecule is Cc1ccc(OCc2nc3ccccc3n2CC(O)COc2cc(C)ccc2C)cc1. The Hall–Kier alpha value is -3.31. The van der Waals surface area contributed by atoms with Crippen LogP contribution in [0.15, 0.2) is 66.7 Å². The van der Waals surface area contributed by atoms with Crippen molar-refractivity contribution < 1.29 is 14.6 Å². The predicted octanol–water partition coefficient (Wildman–Crippen LogP) is 4.98. The summed E-state index contributed by atoms with van der Waals surface area (Å²) in [5.41, 5.74) is 5.22. The van der Waals surface area contributed by atoms with Crippen LogP contribution in [0.4, 0.5) is 0 Å². The van der Waals surface area contributed by atoms with Crippen molar-refractivity contribution in [2.24, 2.45) is 0 Å². The molecule has 1 unspecified atom stereocenters. The van der Waals surface area contributed by atoms with Crippen LogP contribution in [0.5, 0.6) is 11.5 Å². The molecule has 0 spiro atoms. The molecular formula is C26H28N2O3. The highest BCUT2D eigenvalue weighted by Gasteiger charge is 2.16. The van der Waals surface area contributed by atoms with Gasteiger partial charge in [-0.05, 0) is 62.2 Å². The first-order valence-corrected chi connectivity index (χ1v) is 10.5. The molecule has 0 saturated heterocycles. The average Bonchev–Trinajstić information content (AvgIpc) is 3.11. The van der Waals surface area contributed by atoms with E-state index in [2.05, 4.69) is 6.07 Å². The van der Waals surface area contributed by atoms with Gasteiger partial charge in [-0.3, -0.25) is 0 Å². The van der Waals surface area contributed by atoms with E-state index in [4.69, 9.17) is 14.5 Å². The van der Waals surface area contributed by atoms with Crippen molar-refractivity contribution in [2.75, 3.05) is 6.61 Å². The summed E-state index contributed by atoms with van der Waals surface area (Å²) in [6.45, 7) is 6.98. The maximum atomic E-state index is 10.7. The molecule has 1 atom stereocenters. The van der Waals surface area contributed by atoms with Crippen LogP contribution in [-0.4, -0.2) is 27.4 Å². The molecule has 1 heterocycles. The zero-order chi connectivity index (χ0) is 21.8. The minimum atomic E-state index is -0.685. The summed E-state index contributed by atoms with van der Waals surface area (Å²) in [5, 5.41) is 10.7. The molecule has 0 amide bonds. The molecule has 0 aliphatic carbocycles. The van der Waals surface area contributed by atoms with Gasteiger partial charge in [0.1, 0.15) is 36.6 Å². The van der Waals surface area contributed by atoms with Gasteiger partial charge in [-0.25, -0.2) is 4.98 Å². The van der Waals surface area contributed by atoms with Gasteiger partial charge in [0.2, 0.25) is 0 Å². The van der Waals surface area contributed by atoms with Crippen LogP contribution < -0.4 is 9.47 Å². The predicted molar refractivity (Wildman–Crippen MR) is 123 cm³/mol. The van der Waals surface area contributed by atoms with E-state index in [1.807, 2.05) is 86.0 Å². The number of imidazole rings is 1. The molecule has 0 aliphatic heterocycles. The Labute approximate surface area is 182 Å². The van der Waals surface area contributed by atoms with E-state index in [-0.39, 0.29) is 6.61 Å². The molecule has 4 rings (SSSR count). The summed E-state index contributed by atoms with van der Waals surface area (Å²) >= 11 is 0. The van der Waals surface area contributed by atoms with E-state index in [1.165, 1.54) is 5.56 Å². The number of ether oxygens (including phenoxy) is 2. The largest absolute Gasteiger partial charge is 0.491 e. The standard InChI is InChI=1S/C26H28N2O3/c1-18-9-12-22(13-10-18)30-17-26-27-23-6-4-5-7-24(23)28(26)15-21(29)16-31-25-14-19(2)8-11-20(25)3/h4-14,21,29H,15-17H2,1-3H3. The lowest BCUT2D eigenvalue weighted by molar-refractivity contribution is 0.0914. The van der Waals surface area contributed by atoms with Crippen molar-refractivity contribution in [3.63, 3.8) is 0 Å². The molecule has 1 aromatic heterocycles. The monoisotopic (exact) mass is 416 g/mol. The summed E-state index contributed by atoms with van der Waals surface area (Å²) in [7, 11) is 0. The number of aryl methyl sites for hydroxylation is 3. The molecule has 5 heteroatoms. The first-order chi connectivity index (χ1) is 15.0. The summed E-state index contributed by atoms with van der Waals surface area (Å²) in [6, 6.07) is 21.9. The van der Waals surface area contributed by atoms with Crippen molar-refractivity contribution in [2.45, 2.75) is 40.0 Å². The highest BCUT2D eigenvalue weighted by atomic mass is 16.5. The lowest BCUT2D eigenvalue weighted by Gasteiger charge is -2.17. The topological polar surface area (TPSA) is 56.5 Å². The number of aromatic nitrogens is 2. The number of hydrogen-bond donors (Lipinski definition) is 1. The number of nitrogens with zero attached hydrogens (tertiary/aromatic N) is 2. The lowest BCUT2D eigenvalue weighted by atomic mass is 10.1. The highest BCUT2D eigenvalue weighted by molar-refractivity contribution is 5.75. The molecule has 3 aromatic carbocycles. The molecular weight excluding hydrogens is 388 g/mol. The van der Waals surface area contributed by atoms with Gasteiger partial charge in [-0.15, -0.1) is 0 Å². The second kappa shape index (κ2) is 9.23. The first-order valence-electron chi connectivity index (χ1n) is 10.5. The Morgan fingerprint density at radius 2 is 1.65 bits per heavy atom. The highest BCUT2D eigenvalue weighted by Crippen LogP contribution is 2.21. The molecule has 0 saturated carbocycles. The molecule has 0 radical (unpaired) electrons. The van der Waals surface area contributed by atoms with Gasteiger partial charge in [-0.1, -0.05) is 42.0 Å². The van der Waals surface area contributed by atoms with E-state index < -0.39 is 6.10 Å². The normalized spacial score (nSPS) is 12.1. The zero-order valence-electron chi connectivity index (χ0n) is 18.2. The maximum absolute atomic E-state index is 10.7. The van der Waals surface area contributed by atoms with E-state index in [0.29, 0.717) is 13.2 Å². The van der Waals surface area contributed by atoms with E-state index in [9.17, 15) is 5.11 Å². The number of aliphatic hydroxyl groups excluding tert-OH is 1. The van der Waals surface area contributed by atoms with Gasteiger partial charge in [0.05, 0.1) is 17.6 Å².